The van der Waals surface area contributed by atoms with Crippen LogP contribution in [0.2, 0.25) is 0 Å². The van der Waals surface area contributed by atoms with Crippen molar-refractivity contribution in [3.8, 4) is 17.6 Å². The summed E-state index contributed by atoms with van der Waals surface area (Å²) in [7, 11) is 1.58. The zero-order chi connectivity index (χ0) is 16.3. The average molecular weight is 303 g/mol. The van der Waals surface area contributed by atoms with Gasteiger partial charge in [0.15, 0.2) is 6.10 Å². The Bertz CT molecular complexity index is 638. The van der Waals surface area contributed by atoms with Gasteiger partial charge in [0.25, 0.3) is 5.91 Å². The van der Waals surface area contributed by atoms with E-state index in [1.807, 2.05) is 6.07 Å². The number of ether oxygens (including phenoxy) is 1. The number of anilines is 1. The van der Waals surface area contributed by atoms with Crippen LogP contribution < -0.4 is 9.64 Å². The number of aromatic hydroxyl groups is 1. The minimum absolute atomic E-state index is 0.0139. The van der Waals surface area contributed by atoms with Crippen molar-refractivity contribution in [2.75, 3.05) is 25.0 Å². The molecule has 1 aromatic carbocycles. The highest BCUT2D eigenvalue weighted by Crippen LogP contribution is 2.36. The number of fused-ring (bicyclic) bond motifs is 1. The van der Waals surface area contributed by atoms with Crippen molar-refractivity contribution in [2.24, 2.45) is 0 Å². The molecule has 0 saturated heterocycles. The van der Waals surface area contributed by atoms with Crippen molar-refractivity contribution in [3.05, 3.63) is 18.2 Å². The van der Waals surface area contributed by atoms with Crippen LogP contribution in [0.15, 0.2) is 18.2 Å². The van der Waals surface area contributed by atoms with E-state index in [2.05, 4.69) is 0 Å². The van der Waals surface area contributed by atoms with Crippen LogP contribution in [-0.2, 0) is 9.59 Å². The van der Waals surface area contributed by atoms with E-state index in [1.54, 1.807) is 20.0 Å². The van der Waals surface area contributed by atoms with Gasteiger partial charge in [-0.15, -0.1) is 0 Å². The maximum atomic E-state index is 12.3. The summed E-state index contributed by atoms with van der Waals surface area (Å²) in [6, 6.07) is 6.38. The molecule has 0 saturated carbocycles. The molecule has 0 aromatic heterocycles. The molecule has 2 amide bonds. The van der Waals surface area contributed by atoms with E-state index in [1.165, 1.54) is 21.9 Å². The highest BCUT2D eigenvalue weighted by molar-refractivity contribution is 6.03. The number of phenolic OH excluding ortho intramolecular Hbond substituents is 1. The second-order valence-electron chi connectivity index (χ2n) is 5.06. The first kappa shape index (κ1) is 15.6. The Labute approximate surface area is 128 Å². The monoisotopic (exact) mass is 303 g/mol. The van der Waals surface area contributed by atoms with Crippen LogP contribution in [0.3, 0.4) is 0 Å². The average Bonchev–Trinajstić information content (AvgIpc) is 2.49. The Hall–Kier alpha value is -2.75. The molecule has 1 atom stereocenters. The molecule has 0 spiro atoms. The minimum atomic E-state index is -0.700. The summed E-state index contributed by atoms with van der Waals surface area (Å²) in [6.07, 6.45) is -0.471. The number of phenols is 1. The second-order valence-corrected chi connectivity index (χ2v) is 5.06. The van der Waals surface area contributed by atoms with E-state index in [0.29, 0.717) is 18.0 Å². The fourth-order valence-electron chi connectivity index (χ4n) is 2.16. The highest BCUT2D eigenvalue weighted by atomic mass is 16.5. The lowest BCUT2D eigenvalue weighted by Gasteiger charge is -2.33. The van der Waals surface area contributed by atoms with Gasteiger partial charge in [0.05, 0.1) is 18.2 Å². The Morgan fingerprint density at radius 1 is 1.55 bits per heavy atom. The number of rotatable bonds is 4. The van der Waals surface area contributed by atoms with Crippen molar-refractivity contribution in [3.63, 3.8) is 0 Å². The Kier molecular flexibility index (Phi) is 4.51. The van der Waals surface area contributed by atoms with Gasteiger partial charge in [-0.1, -0.05) is 0 Å². The van der Waals surface area contributed by atoms with E-state index in [0.717, 1.165) is 0 Å². The zero-order valence-electron chi connectivity index (χ0n) is 12.4. The standard InChI is InChI=1S/C15H17N3O4/c1-10-15(21)18(9-14(20)17(2)7-3-6-16)12-8-11(19)4-5-13(12)22-10/h4-5,8,10,19H,3,7,9H2,1-2H3. The summed E-state index contributed by atoms with van der Waals surface area (Å²) >= 11 is 0. The van der Waals surface area contributed by atoms with Crippen LogP contribution in [0.4, 0.5) is 5.69 Å². The van der Waals surface area contributed by atoms with Crippen molar-refractivity contribution < 1.29 is 19.4 Å². The predicted octanol–water partition coefficient (Wildman–Crippen LogP) is 0.878. The van der Waals surface area contributed by atoms with Crippen molar-refractivity contribution >= 4 is 17.5 Å². The fourth-order valence-corrected chi connectivity index (χ4v) is 2.16. The van der Waals surface area contributed by atoms with Crippen LogP contribution in [0.5, 0.6) is 11.5 Å². The highest BCUT2D eigenvalue weighted by Gasteiger charge is 2.33. The van der Waals surface area contributed by atoms with Crippen molar-refractivity contribution in [2.45, 2.75) is 19.4 Å². The number of carbonyl (C=O) groups excluding carboxylic acids is 2. The van der Waals surface area contributed by atoms with E-state index in [9.17, 15) is 14.7 Å². The van der Waals surface area contributed by atoms with Crippen LogP contribution in [0, 0.1) is 11.3 Å². The van der Waals surface area contributed by atoms with Gasteiger partial charge in [-0.2, -0.15) is 5.26 Å². The molecule has 0 radical (unpaired) electrons. The maximum absolute atomic E-state index is 12.3. The summed E-state index contributed by atoms with van der Waals surface area (Å²) < 4.78 is 5.47. The normalized spacial score (nSPS) is 16.5. The van der Waals surface area contributed by atoms with Gasteiger partial charge in [0.1, 0.15) is 18.0 Å². The molecule has 1 aliphatic heterocycles. The first-order valence-electron chi connectivity index (χ1n) is 6.86. The fraction of sp³-hybridized carbons (Fsp3) is 0.400. The van der Waals surface area contributed by atoms with Crippen LogP contribution >= 0.6 is 0 Å². The number of carbonyl (C=O) groups is 2. The molecular weight excluding hydrogens is 286 g/mol. The van der Waals surface area contributed by atoms with Gasteiger partial charge in [-0.05, 0) is 19.1 Å². The van der Waals surface area contributed by atoms with Crippen LogP contribution in [-0.4, -0.2) is 48.1 Å². The molecule has 0 aliphatic carbocycles. The lowest BCUT2D eigenvalue weighted by Crippen LogP contribution is -2.49. The molecule has 0 bridgehead atoms. The number of benzene rings is 1. The maximum Gasteiger partial charge on any atom is 0.268 e. The molecule has 1 heterocycles. The summed E-state index contributed by atoms with van der Waals surface area (Å²) in [4.78, 5) is 27.2. The van der Waals surface area contributed by atoms with Gasteiger partial charge < -0.3 is 14.7 Å². The summed E-state index contributed by atoms with van der Waals surface area (Å²) in [5.74, 6) is -0.204. The lowest BCUT2D eigenvalue weighted by molar-refractivity contribution is -0.132. The lowest BCUT2D eigenvalue weighted by atomic mass is 10.1. The van der Waals surface area contributed by atoms with E-state index in [-0.39, 0.29) is 30.5 Å². The van der Waals surface area contributed by atoms with Gasteiger partial charge in [0.2, 0.25) is 5.91 Å². The third-order valence-electron chi connectivity index (χ3n) is 3.43. The molecular formula is C15H17N3O4. The first-order chi connectivity index (χ1) is 10.4. The van der Waals surface area contributed by atoms with E-state index in [4.69, 9.17) is 10.00 Å². The number of hydrogen-bond donors (Lipinski definition) is 1. The summed E-state index contributed by atoms with van der Waals surface area (Å²) in [5.41, 5.74) is 0.366. The summed E-state index contributed by atoms with van der Waals surface area (Å²) in [5, 5.41) is 18.2. The van der Waals surface area contributed by atoms with Crippen LogP contribution in [0.1, 0.15) is 13.3 Å². The molecule has 22 heavy (non-hydrogen) atoms. The number of likely N-dealkylation sites (N-methyl/N-ethyl adjacent to an activating group) is 1. The summed E-state index contributed by atoms with van der Waals surface area (Å²) in [6.45, 7) is 1.75. The van der Waals surface area contributed by atoms with E-state index >= 15 is 0 Å². The largest absolute Gasteiger partial charge is 0.508 e. The second kappa shape index (κ2) is 6.35. The molecule has 1 N–H and O–H groups in total. The van der Waals surface area contributed by atoms with Gasteiger partial charge in [-0.25, -0.2) is 0 Å². The Morgan fingerprint density at radius 2 is 2.27 bits per heavy atom. The Morgan fingerprint density at radius 3 is 2.95 bits per heavy atom. The zero-order valence-corrected chi connectivity index (χ0v) is 12.4. The first-order valence-corrected chi connectivity index (χ1v) is 6.86. The molecule has 2 rings (SSSR count). The molecule has 1 unspecified atom stereocenters. The molecule has 7 heteroatoms. The number of amides is 2. The quantitative estimate of drug-likeness (QED) is 0.891. The SMILES string of the molecule is CC1Oc2ccc(O)cc2N(CC(=O)N(C)CCC#N)C1=O. The van der Waals surface area contributed by atoms with Crippen molar-refractivity contribution in [1.82, 2.24) is 4.90 Å². The van der Waals surface area contributed by atoms with Crippen LogP contribution in [0.25, 0.3) is 0 Å². The van der Waals surface area contributed by atoms with E-state index < -0.39 is 6.10 Å². The molecule has 116 valence electrons. The number of hydrogen-bond acceptors (Lipinski definition) is 5. The topological polar surface area (TPSA) is 93.9 Å². The molecule has 0 fully saturated rings. The molecule has 7 nitrogen and oxygen atoms in total. The molecule has 1 aliphatic rings. The molecule has 1 aromatic rings. The van der Waals surface area contributed by atoms with Gasteiger partial charge in [-0.3, -0.25) is 14.5 Å². The third-order valence-corrected chi connectivity index (χ3v) is 3.43. The predicted molar refractivity (Wildman–Crippen MR) is 78.4 cm³/mol. The third kappa shape index (κ3) is 3.11. The van der Waals surface area contributed by atoms with Gasteiger partial charge in [0, 0.05) is 19.7 Å². The van der Waals surface area contributed by atoms with Crippen molar-refractivity contribution in [1.29, 1.82) is 5.26 Å². The minimum Gasteiger partial charge on any atom is -0.508 e. The Balaban J connectivity index is 2.22. The number of nitriles is 1. The smallest absolute Gasteiger partial charge is 0.268 e. The number of nitrogens with zero attached hydrogens (tertiary/aromatic N) is 3. The van der Waals surface area contributed by atoms with Gasteiger partial charge >= 0.3 is 0 Å².